The zero-order chi connectivity index (χ0) is 17.7. The largest absolute Gasteiger partial charge is 0.263 e. The smallest absolute Gasteiger partial charge is 0.206 e. The Bertz CT molecular complexity index is 625. The van der Waals surface area contributed by atoms with E-state index in [0.717, 1.165) is 24.0 Å². The zero-order valence-corrected chi connectivity index (χ0v) is 15.1. The quantitative estimate of drug-likeness (QED) is 0.240. The first-order valence-electron chi connectivity index (χ1n) is 9.28. The molecule has 2 rings (SSSR count). The highest BCUT2D eigenvalue weighted by atomic mass is 16.7. The van der Waals surface area contributed by atoms with Crippen LogP contribution in [0.15, 0.2) is 60.2 Å². The van der Waals surface area contributed by atoms with E-state index in [1.54, 1.807) is 0 Å². The van der Waals surface area contributed by atoms with Crippen LogP contribution in [-0.2, 0) is 4.84 Å². The fraction of sp³-hybridized carbons (Fsp3) is 0.409. The summed E-state index contributed by atoms with van der Waals surface area (Å²) in [5, 5.41) is 10.9. The van der Waals surface area contributed by atoms with Gasteiger partial charge in [-0.1, -0.05) is 93.7 Å². The van der Waals surface area contributed by atoms with Crippen molar-refractivity contribution in [1.82, 2.24) is 5.06 Å². The van der Waals surface area contributed by atoms with Crippen molar-refractivity contribution < 1.29 is 4.84 Å². The molecular formula is C22H28N2O. The maximum absolute atomic E-state index is 9.50. The molecule has 0 heterocycles. The monoisotopic (exact) mass is 336 g/mol. The van der Waals surface area contributed by atoms with Crippen LogP contribution < -0.4 is 0 Å². The number of hydroxylamine groups is 2. The van der Waals surface area contributed by atoms with E-state index in [1.807, 2.05) is 42.5 Å². The van der Waals surface area contributed by atoms with Crippen molar-refractivity contribution in [2.75, 3.05) is 6.61 Å². The lowest BCUT2D eigenvalue weighted by Gasteiger charge is -2.26. The summed E-state index contributed by atoms with van der Waals surface area (Å²) in [6.07, 6.45) is 19.5. The molecule has 25 heavy (non-hydrogen) atoms. The van der Waals surface area contributed by atoms with Crippen LogP contribution in [0.25, 0.3) is 6.08 Å². The fourth-order valence-corrected chi connectivity index (χ4v) is 2.85. The molecule has 0 spiro atoms. The number of nitriles is 1. The first kappa shape index (κ1) is 19.0. The molecule has 1 unspecified atom stereocenters. The van der Waals surface area contributed by atoms with Crippen LogP contribution in [0.4, 0.5) is 0 Å². The standard InChI is InChI=1S/C22H28N2O/c1-2-3-4-5-6-12-17-25-24(19-23)22-16-11-10-15-21(22)18-20-13-8-7-9-14-20/h7-11,13-16,18,22H,2-6,12,17H2,1H3. The van der Waals surface area contributed by atoms with Crippen molar-refractivity contribution in [3.8, 4) is 6.19 Å². The molecule has 0 saturated carbocycles. The molecule has 0 aromatic heterocycles. The van der Waals surface area contributed by atoms with Crippen LogP contribution in [0.3, 0.4) is 0 Å². The van der Waals surface area contributed by atoms with E-state index in [0.29, 0.717) is 6.61 Å². The normalized spacial score (nSPS) is 17.6. The highest BCUT2D eigenvalue weighted by molar-refractivity contribution is 5.59. The molecule has 132 valence electrons. The van der Waals surface area contributed by atoms with Gasteiger partial charge < -0.3 is 0 Å². The van der Waals surface area contributed by atoms with Crippen molar-refractivity contribution in [2.45, 2.75) is 51.5 Å². The number of hydrogen-bond acceptors (Lipinski definition) is 3. The van der Waals surface area contributed by atoms with Crippen molar-refractivity contribution >= 4 is 6.08 Å². The highest BCUT2D eigenvalue weighted by Gasteiger charge is 2.20. The van der Waals surface area contributed by atoms with Crippen molar-refractivity contribution in [2.24, 2.45) is 0 Å². The van der Waals surface area contributed by atoms with Crippen LogP contribution in [0, 0.1) is 11.5 Å². The summed E-state index contributed by atoms with van der Waals surface area (Å²) in [5.41, 5.74) is 2.18. The summed E-state index contributed by atoms with van der Waals surface area (Å²) < 4.78 is 0. The van der Waals surface area contributed by atoms with Crippen LogP contribution >= 0.6 is 0 Å². The minimum atomic E-state index is -0.171. The van der Waals surface area contributed by atoms with Gasteiger partial charge >= 0.3 is 0 Å². The second kappa shape index (κ2) is 11.3. The molecule has 0 bridgehead atoms. The van der Waals surface area contributed by atoms with Crippen LogP contribution in [-0.4, -0.2) is 17.7 Å². The molecule has 0 N–H and O–H groups in total. The van der Waals surface area contributed by atoms with Gasteiger partial charge in [0.05, 0.1) is 6.61 Å². The summed E-state index contributed by atoms with van der Waals surface area (Å²) in [7, 11) is 0. The van der Waals surface area contributed by atoms with Gasteiger partial charge in [0.15, 0.2) is 0 Å². The molecule has 3 heteroatoms. The molecular weight excluding hydrogens is 308 g/mol. The van der Waals surface area contributed by atoms with Crippen molar-refractivity contribution in [3.63, 3.8) is 0 Å². The topological polar surface area (TPSA) is 36.3 Å². The molecule has 0 fully saturated rings. The van der Waals surface area contributed by atoms with Gasteiger partial charge in [0.25, 0.3) is 0 Å². The molecule has 0 saturated heterocycles. The average molecular weight is 336 g/mol. The van der Waals surface area contributed by atoms with Gasteiger partial charge in [0.1, 0.15) is 6.04 Å². The molecule has 3 nitrogen and oxygen atoms in total. The lowest BCUT2D eigenvalue weighted by molar-refractivity contribution is -0.123. The van der Waals surface area contributed by atoms with Gasteiger partial charge in [0, 0.05) is 0 Å². The SMILES string of the molecule is CCCCCCCCON(C#N)C1C=CC=CC1=Cc1ccccc1. The molecule has 1 aromatic carbocycles. The number of nitrogens with zero attached hydrogens (tertiary/aromatic N) is 2. The highest BCUT2D eigenvalue weighted by Crippen LogP contribution is 2.21. The van der Waals surface area contributed by atoms with E-state index in [-0.39, 0.29) is 6.04 Å². The molecule has 0 radical (unpaired) electrons. The van der Waals surface area contributed by atoms with Crippen molar-refractivity contribution in [1.29, 1.82) is 5.26 Å². The van der Waals surface area contributed by atoms with Crippen molar-refractivity contribution in [3.05, 3.63) is 65.8 Å². The summed E-state index contributed by atoms with van der Waals surface area (Å²) in [6, 6.07) is 9.98. The Hall–Kier alpha value is -2.31. The Morgan fingerprint density at radius 3 is 2.60 bits per heavy atom. The number of benzene rings is 1. The van der Waals surface area contributed by atoms with Gasteiger partial charge in [-0.15, -0.1) is 0 Å². The lowest BCUT2D eigenvalue weighted by atomic mass is 9.99. The maximum Gasteiger partial charge on any atom is 0.206 e. The van der Waals surface area contributed by atoms with Crippen LogP contribution in [0.5, 0.6) is 0 Å². The number of unbranched alkanes of at least 4 members (excludes halogenated alkanes) is 5. The van der Waals surface area contributed by atoms with E-state index in [4.69, 9.17) is 4.84 Å². The third kappa shape index (κ3) is 6.60. The first-order chi connectivity index (χ1) is 12.3. The molecule has 1 aliphatic carbocycles. The molecule has 1 aromatic rings. The fourth-order valence-electron chi connectivity index (χ4n) is 2.85. The van der Waals surface area contributed by atoms with Gasteiger partial charge in [-0.3, -0.25) is 4.84 Å². The lowest BCUT2D eigenvalue weighted by Crippen LogP contribution is -2.32. The predicted octanol–water partition coefficient (Wildman–Crippen LogP) is 5.64. The Kier molecular flexibility index (Phi) is 8.58. The van der Waals surface area contributed by atoms with E-state index in [1.165, 1.54) is 30.7 Å². The minimum Gasteiger partial charge on any atom is -0.263 e. The zero-order valence-electron chi connectivity index (χ0n) is 15.1. The molecule has 0 aliphatic heterocycles. The summed E-state index contributed by atoms with van der Waals surface area (Å²) in [4.78, 5) is 5.75. The van der Waals surface area contributed by atoms with Crippen LogP contribution in [0.1, 0.15) is 51.0 Å². The van der Waals surface area contributed by atoms with Gasteiger partial charge in [0.2, 0.25) is 6.19 Å². The van der Waals surface area contributed by atoms with E-state index < -0.39 is 0 Å². The number of allylic oxidation sites excluding steroid dienone is 2. The number of hydrogen-bond donors (Lipinski definition) is 0. The Morgan fingerprint density at radius 2 is 1.84 bits per heavy atom. The Labute approximate surface area is 151 Å². The first-order valence-corrected chi connectivity index (χ1v) is 9.28. The summed E-state index contributed by atoms with van der Waals surface area (Å²) in [5.74, 6) is 0. The molecule has 0 amide bonds. The van der Waals surface area contributed by atoms with Gasteiger partial charge in [-0.05, 0) is 23.6 Å². The maximum atomic E-state index is 9.50. The minimum absolute atomic E-state index is 0.171. The second-order valence-corrected chi connectivity index (χ2v) is 6.27. The van der Waals surface area contributed by atoms with E-state index in [9.17, 15) is 5.26 Å². The third-order valence-corrected chi connectivity index (χ3v) is 4.25. The molecule has 1 aliphatic rings. The molecule has 1 atom stereocenters. The Balaban J connectivity index is 1.89. The Morgan fingerprint density at radius 1 is 1.08 bits per heavy atom. The van der Waals surface area contributed by atoms with Gasteiger partial charge in [-0.25, -0.2) is 0 Å². The second-order valence-electron chi connectivity index (χ2n) is 6.27. The summed E-state index contributed by atoms with van der Waals surface area (Å²) >= 11 is 0. The van der Waals surface area contributed by atoms with E-state index >= 15 is 0 Å². The van der Waals surface area contributed by atoms with Gasteiger partial charge in [-0.2, -0.15) is 10.3 Å². The third-order valence-electron chi connectivity index (χ3n) is 4.25. The average Bonchev–Trinajstić information content (AvgIpc) is 2.66. The summed E-state index contributed by atoms with van der Waals surface area (Å²) in [6.45, 7) is 2.81. The number of rotatable bonds is 10. The predicted molar refractivity (Wildman–Crippen MR) is 103 cm³/mol. The van der Waals surface area contributed by atoms with E-state index in [2.05, 4.69) is 31.3 Å². The van der Waals surface area contributed by atoms with Crippen LogP contribution in [0.2, 0.25) is 0 Å².